The SMILES string of the molecule is COc1ccc(-c2noc(CSc3nnc(C[C@@H]4CCS(=O)(=O)C4)o3)n2)cc1. The first-order chi connectivity index (χ1) is 13.5. The van der Waals surface area contributed by atoms with E-state index in [9.17, 15) is 8.42 Å². The molecule has 0 N–H and O–H groups in total. The molecular weight excluding hydrogens is 404 g/mol. The molecule has 1 aliphatic rings. The van der Waals surface area contributed by atoms with Crippen LogP contribution in [0.4, 0.5) is 0 Å². The minimum atomic E-state index is -2.91. The normalized spacial score (nSPS) is 18.4. The van der Waals surface area contributed by atoms with Crippen molar-refractivity contribution in [2.45, 2.75) is 23.8 Å². The molecule has 9 nitrogen and oxygen atoms in total. The van der Waals surface area contributed by atoms with Crippen LogP contribution in [0.2, 0.25) is 0 Å². The Morgan fingerprint density at radius 1 is 1.21 bits per heavy atom. The average Bonchev–Trinajstić information content (AvgIpc) is 3.41. The number of rotatable bonds is 7. The van der Waals surface area contributed by atoms with Gasteiger partial charge < -0.3 is 13.7 Å². The Bertz CT molecular complexity index is 1050. The van der Waals surface area contributed by atoms with E-state index < -0.39 is 9.84 Å². The minimum absolute atomic E-state index is 0.0475. The fourth-order valence-electron chi connectivity index (χ4n) is 2.95. The highest BCUT2D eigenvalue weighted by Crippen LogP contribution is 2.26. The fraction of sp³-hybridized carbons (Fsp3) is 0.412. The lowest BCUT2D eigenvalue weighted by Gasteiger charge is -2.01. The summed E-state index contributed by atoms with van der Waals surface area (Å²) in [5.74, 6) is 3.01. The molecule has 1 aromatic carbocycles. The van der Waals surface area contributed by atoms with Gasteiger partial charge in [-0.1, -0.05) is 16.9 Å². The van der Waals surface area contributed by atoms with Crippen LogP contribution in [-0.4, -0.2) is 47.4 Å². The van der Waals surface area contributed by atoms with Gasteiger partial charge in [-0.25, -0.2) is 8.42 Å². The van der Waals surface area contributed by atoms with Crippen LogP contribution in [0.15, 0.2) is 38.4 Å². The zero-order valence-electron chi connectivity index (χ0n) is 15.1. The molecule has 4 rings (SSSR count). The molecule has 148 valence electrons. The van der Waals surface area contributed by atoms with E-state index in [4.69, 9.17) is 13.7 Å². The van der Waals surface area contributed by atoms with E-state index in [1.165, 1.54) is 11.8 Å². The van der Waals surface area contributed by atoms with Gasteiger partial charge in [0.2, 0.25) is 17.6 Å². The molecule has 2 aromatic heterocycles. The summed E-state index contributed by atoms with van der Waals surface area (Å²) in [5.41, 5.74) is 0.826. The number of benzene rings is 1. The highest BCUT2D eigenvalue weighted by atomic mass is 32.2. The van der Waals surface area contributed by atoms with Crippen LogP contribution >= 0.6 is 11.8 Å². The van der Waals surface area contributed by atoms with Crippen molar-refractivity contribution in [1.29, 1.82) is 0 Å². The molecule has 28 heavy (non-hydrogen) atoms. The maximum Gasteiger partial charge on any atom is 0.277 e. The average molecular weight is 422 g/mol. The highest BCUT2D eigenvalue weighted by molar-refractivity contribution is 7.98. The van der Waals surface area contributed by atoms with Crippen molar-refractivity contribution in [3.63, 3.8) is 0 Å². The zero-order chi connectivity index (χ0) is 19.6. The monoisotopic (exact) mass is 422 g/mol. The Labute approximate surface area is 165 Å². The predicted octanol–water partition coefficient (Wildman–Crippen LogP) is 2.40. The molecule has 0 aliphatic carbocycles. The van der Waals surface area contributed by atoms with Crippen LogP contribution in [-0.2, 0) is 22.0 Å². The molecule has 0 spiro atoms. The second-order valence-corrected chi connectivity index (χ2v) is 9.62. The van der Waals surface area contributed by atoms with Crippen LogP contribution in [0.25, 0.3) is 11.4 Å². The van der Waals surface area contributed by atoms with Crippen LogP contribution in [0.1, 0.15) is 18.2 Å². The summed E-state index contributed by atoms with van der Waals surface area (Å²) in [4.78, 5) is 4.36. The van der Waals surface area contributed by atoms with Crippen molar-refractivity contribution in [2.75, 3.05) is 18.6 Å². The predicted molar refractivity (Wildman–Crippen MR) is 101 cm³/mol. The van der Waals surface area contributed by atoms with E-state index in [2.05, 4.69) is 20.3 Å². The van der Waals surface area contributed by atoms with Gasteiger partial charge in [-0.15, -0.1) is 10.2 Å². The summed E-state index contributed by atoms with van der Waals surface area (Å²) in [6.45, 7) is 0. The molecule has 3 heterocycles. The summed E-state index contributed by atoms with van der Waals surface area (Å²) in [6, 6.07) is 7.37. The molecular formula is C17H18N4O5S2. The minimum Gasteiger partial charge on any atom is -0.497 e. The smallest absolute Gasteiger partial charge is 0.277 e. The first kappa shape index (κ1) is 18.9. The summed E-state index contributed by atoms with van der Waals surface area (Å²) in [7, 11) is -1.30. The van der Waals surface area contributed by atoms with Gasteiger partial charge in [0.15, 0.2) is 9.84 Å². The van der Waals surface area contributed by atoms with E-state index in [-0.39, 0.29) is 17.4 Å². The van der Waals surface area contributed by atoms with Crippen molar-refractivity contribution in [3.05, 3.63) is 36.0 Å². The molecule has 0 saturated carbocycles. The van der Waals surface area contributed by atoms with Crippen molar-refractivity contribution in [3.8, 4) is 17.1 Å². The van der Waals surface area contributed by atoms with Crippen molar-refractivity contribution < 1.29 is 22.1 Å². The van der Waals surface area contributed by atoms with Gasteiger partial charge in [-0.3, -0.25) is 0 Å². The number of thioether (sulfide) groups is 1. The lowest BCUT2D eigenvalue weighted by molar-refractivity contribution is 0.383. The molecule has 0 unspecified atom stereocenters. The van der Waals surface area contributed by atoms with Gasteiger partial charge in [0.25, 0.3) is 5.22 Å². The summed E-state index contributed by atoms with van der Waals surface area (Å²) in [5, 5.41) is 12.4. The highest BCUT2D eigenvalue weighted by Gasteiger charge is 2.29. The number of aromatic nitrogens is 4. The third kappa shape index (κ3) is 4.53. The first-order valence-electron chi connectivity index (χ1n) is 8.63. The maximum absolute atomic E-state index is 11.5. The number of nitrogens with zero attached hydrogens (tertiary/aromatic N) is 4. The molecule has 3 aromatic rings. The second kappa shape index (κ2) is 7.92. The Morgan fingerprint density at radius 2 is 2.04 bits per heavy atom. The van der Waals surface area contributed by atoms with Crippen LogP contribution in [0.5, 0.6) is 5.75 Å². The molecule has 1 atom stereocenters. The van der Waals surface area contributed by atoms with Crippen molar-refractivity contribution in [2.24, 2.45) is 5.92 Å². The van der Waals surface area contributed by atoms with Crippen LogP contribution in [0.3, 0.4) is 0 Å². The standard InChI is InChI=1S/C17H18N4O5S2/c1-24-13-4-2-12(3-5-13)16-18-15(26-21-16)9-27-17-20-19-14(25-17)8-11-6-7-28(22,23)10-11/h2-5,11H,6-10H2,1H3/t11-/m0/s1. The van der Waals surface area contributed by atoms with E-state index >= 15 is 0 Å². The van der Waals surface area contributed by atoms with E-state index in [1.807, 2.05) is 24.3 Å². The molecule has 0 amide bonds. The molecule has 0 radical (unpaired) electrons. The van der Waals surface area contributed by atoms with Gasteiger partial charge in [0.1, 0.15) is 5.75 Å². The molecule has 1 saturated heterocycles. The largest absolute Gasteiger partial charge is 0.497 e. The zero-order valence-corrected chi connectivity index (χ0v) is 16.7. The van der Waals surface area contributed by atoms with Crippen LogP contribution in [0, 0.1) is 5.92 Å². The molecule has 1 fully saturated rings. The number of sulfone groups is 1. The summed E-state index contributed by atoms with van der Waals surface area (Å²) < 4.78 is 39.1. The van der Waals surface area contributed by atoms with Crippen molar-refractivity contribution in [1.82, 2.24) is 20.3 Å². The van der Waals surface area contributed by atoms with Gasteiger partial charge in [0, 0.05) is 12.0 Å². The summed E-state index contributed by atoms with van der Waals surface area (Å²) >= 11 is 1.29. The Kier molecular flexibility index (Phi) is 5.36. The number of ether oxygens (including phenoxy) is 1. The van der Waals surface area contributed by atoms with Crippen molar-refractivity contribution >= 4 is 21.6 Å². The molecule has 11 heteroatoms. The third-order valence-electron chi connectivity index (χ3n) is 4.37. The van der Waals surface area contributed by atoms with Crippen LogP contribution < -0.4 is 4.74 Å². The lowest BCUT2D eigenvalue weighted by Crippen LogP contribution is -2.07. The third-order valence-corrected chi connectivity index (χ3v) is 7.01. The number of hydrogen-bond donors (Lipinski definition) is 0. The Hall–Kier alpha value is -2.40. The van der Waals surface area contributed by atoms with Gasteiger partial charge in [0.05, 0.1) is 24.4 Å². The Balaban J connectivity index is 1.32. The quantitative estimate of drug-likeness (QED) is 0.525. The van der Waals surface area contributed by atoms with Gasteiger partial charge in [-0.05, 0) is 36.6 Å². The fourth-order valence-corrected chi connectivity index (χ4v) is 5.43. The maximum atomic E-state index is 11.5. The van der Waals surface area contributed by atoms with Gasteiger partial charge >= 0.3 is 0 Å². The molecule has 0 bridgehead atoms. The van der Waals surface area contributed by atoms with E-state index in [0.717, 1.165) is 11.3 Å². The summed E-state index contributed by atoms with van der Waals surface area (Å²) in [6.07, 6.45) is 1.12. The Morgan fingerprint density at radius 3 is 2.75 bits per heavy atom. The number of methoxy groups -OCH3 is 1. The van der Waals surface area contributed by atoms with Gasteiger partial charge in [-0.2, -0.15) is 4.98 Å². The lowest BCUT2D eigenvalue weighted by atomic mass is 10.1. The number of hydrogen-bond acceptors (Lipinski definition) is 10. The van der Waals surface area contributed by atoms with E-state index in [1.54, 1.807) is 7.11 Å². The van der Waals surface area contributed by atoms with E-state index in [0.29, 0.717) is 41.4 Å². The first-order valence-corrected chi connectivity index (χ1v) is 11.4. The topological polar surface area (TPSA) is 121 Å². The molecule has 1 aliphatic heterocycles. The second-order valence-electron chi connectivity index (χ2n) is 6.46.